The summed E-state index contributed by atoms with van der Waals surface area (Å²) in [6.07, 6.45) is 0. The van der Waals surface area contributed by atoms with Gasteiger partial charge in [-0.05, 0) is 19.1 Å². The molecule has 2 heterocycles. The average molecular weight is 269 g/mol. The molecule has 0 spiro atoms. The molecule has 88 valence electrons. The zero-order valence-corrected chi connectivity index (χ0v) is 10.6. The number of amides is 1. The molecule has 1 unspecified atom stereocenters. The largest absolute Gasteiger partial charge is 0.349 e. The van der Waals surface area contributed by atoms with Gasteiger partial charge in [0.2, 0.25) is 0 Å². The molecule has 0 fully saturated rings. The van der Waals surface area contributed by atoms with Gasteiger partial charge in [0, 0.05) is 18.0 Å². The number of rotatable bonds is 0. The monoisotopic (exact) mass is 268 g/mol. The van der Waals surface area contributed by atoms with Crippen LogP contribution in [0.5, 0.6) is 0 Å². The molecule has 3 nitrogen and oxygen atoms in total. The topological polar surface area (TPSA) is 34.0 Å². The van der Waals surface area contributed by atoms with E-state index in [1.807, 2.05) is 23.6 Å². The van der Waals surface area contributed by atoms with Gasteiger partial charge >= 0.3 is 0 Å². The van der Waals surface area contributed by atoms with E-state index in [0.29, 0.717) is 22.3 Å². The number of carbonyl (C=O) groups is 1. The zero-order chi connectivity index (χ0) is 12.2. The SMILES string of the molecule is CC1CNC(=O)c2cc3ccc(Cl)c(Cl)c3n21. The normalized spacial score (nSPS) is 19.2. The van der Waals surface area contributed by atoms with Crippen LogP contribution in [0.1, 0.15) is 23.5 Å². The number of benzene rings is 1. The Hall–Kier alpha value is -1.19. The van der Waals surface area contributed by atoms with Crippen LogP contribution in [0.3, 0.4) is 0 Å². The van der Waals surface area contributed by atoms with Gasteiger partial charge in [0.25, 0.3) is 5.91 Å². The Balaban J connectivity index is 2.44. The van der Waals surface area contributed by atoms with Gasteiger partial charge in [-0.15, -0.1) is 0 Å². The van der Waals surface area contributed by atoms with E-state index in [1.54, 1.807) is 6.07 Å². The first-order chi connectivity index (χ1) is 8.09. The molecule has 1 N–H and O–H groups in total. The van der Waals surface area contributed by atoms with Crippen LogP contribution in [0, 0.1) is 0 Å². The van der Waals surface area contributed by atoms with Crippen molar-refractivity contribution in [3.05, 3.63) is 33.9 Å². The molecule has 1 aliphatic rings. The van der Waals surface area contributed by atoms with Gasteiger partial charge in [0.15, 0.2) is 0 Å². The summed E-state index contributed by atoms with van der Waals surface area (Å²) in [6, 6.07) is 5.66. The molecule has 1 atom stereocenters. The summed E-state index contributed by atoms with van der Waals surface area (Å²) in [4.78, 5) is 11.8. The van der Waals surface area contributed by atoms with E-state index in [9.17, 15) is 4.79 Å². The van der Waals surface area contributed by atoms with Gasteiger partial charge in [-0.1, -0.05) is 29.3 Å². The second-order valence-electron chi connectivity index (χ2n) is 4.26. The number of halogens is 2. The minimum Gasteiger partial charge on any atom is -0.349 e. The fourth-order valence-electron chi connectivity index (χ4n) is 2.31. The van der Waals surface area contributed by atoms with Crippen molar-refractivity contribution in [2.24, 2.45) is 0 Å². The highest BCUT2D eigenvalue weighted by Crippen LogP contribution is 2.35. The number of hydrogen-bond donors (Lipinski definition) is 1. The summed E-state index contributed by atoms with van der Waals surface area (Å²) in [6.45, 7) is 2.65. The number of carbonyl (C=O) groups excluding carboxylic acids is 1. The summed E-state index contributed by atoms with van der Waals surface area (Å²) in [5, 5.41) is 4.81. The zero-order valence-electron chi connectivity index (χ0n) is 9.13. The van der Waals surface area contributed by atoms with Crippen LogP contribution in [-0.4, -0.2) is 17.0 Å². The third-order valence-corrected chi connectivity index (χ3v) is 3.92. The molecule has 1 aliphatic heterocycles. The van der Waals surface area contributed by atoms with Gasteiger partial charge in [0.1, 0.15) is 5.69 Å². The van der Waals surface area contributed by atoms with Gasteiger partial charge < -0.3 is 9.88 Å². The summed E-state index contributed by atoms with van der Waals surface area (Å²) in [7, 11) is 0. The van der Waals surface area contributed by atoms with Crippen molar-refractivity contribution in [2.45, 2.75) is 13.0 Å². The predicted octanol–water partition coefficient (Wildman–Crippen LogP) is 3.25. The number of aromatic nitrogens is 1. The molecular formula is C12H10Cl2N2O. The first-order valence-corrected chi connectivity index (χ1v) is 6.12. The quantitative estimate of drug-likeness (QED) is 0.782. The molecule has 0 aliphatic carbocycles. The molecule has 1 amide bonds. The average Bonchev–Trinajstić information content (AvgIpc) is 2.70. The molecule has 2 aromatic rings. The van der Waals surface area contributed by atoms with Crippen molar-refractivity contribution in [3.8, 4) is 0 Å². The van der Waals surface area contributed by atoms with E-state index in [-0.39, 0.29) is 11.9 Å². The van der Waals surface area contributed by atoms with Crippen molar-refractivity contribution in [1.82, 2.24) is 9.88 Å². The van der Waals surface area contributed by atoms with Gasteiger partial charge in [-0.2, -0.15) is 0 Å². The molecule has 17 heavy (non-hydrogen) atoms. The number of nitrogens with zero attached hydrogens (tertiary/aromatic N) is 1. The standard InChI is InChI=1S/C12H10Cl2N2O/c1-6-5-15-12(17)9-4-7-2-3-8(13)10(14)11(7)16(6)9/h2-4,6H,5H2,1H3,(H,15,17). The summed E-state index contributed by atoms with van der Waals surface area (Å²) in [5.74, 6) is -0.0634. The Bertz CT molecular complexity index is 633. The second kappa shape index (κ2) is 3.65. The number of fused-ring (bicyclic) bond motifs is 3. The molecular weight excluding hydrogens is 259 g/mol. The van der Waals surface area contributed by atoms with Crippen molar-refractivity contribution in [1.29, 1.82) is 0 Å². The van der Waals surface area contributed by atoms with Crippen LogP contribution in [0.4, 0.5) is 0 Å². The second-order valence-corrected chi connectivity index (χ2v) is 5.04. The summed E-state index contributed by atoms with van der Waals surface area (Å²) >= 11 is 12.3. The maximum atomic E-state index is 11.8. The van der Waals surface area contributed by atoms with Crippen molar-refractivity contribution in [2.75, 3.05) is 6.54 Å². The van der Waals surface area contributed by atoms with E-state index in [1.165, 1.54) is 0 Å². The molecule has 5 heteroatoms. The minimum atomic E-state index is -0.0634. The van der Waals surface area contributed by atoms with E-state index >= 15 is 0 Å². The van der Waals surface area contributed by atoms with E-state index in [0.717, 1.165) is 10.9 Å². The molecule has 0 bridgehead atoms. The Labute approximate surface area is 108 Å². The van der Waals surface area contributed by atoms with Crippen molar-refractivity contribution in [3.63, 3.8) is 0 Å². The highest BCUT2D eigenvalue weighted by atomic mass is 35.5. The first-order valence-electron chi connectivity index (χ1n) is 5.36. The lowest BCUT2D eigenvalue weighted by atomic mass is 10.2. The maximum absolute atomic E-state index is 11.8. The Morgan fingerprint density at radius 3 is 2.94 bits per heavy atom. The Morgan fingerprint density at radius 1 is 1.41 bits per heavy atom. The van der Waals surface area contributed by atoms with Crippen LogP contribution in [0.15, 0.2) is 18.2 Å². The van der Waals surface area contributed by atoms with E-state index in [2.05, 4.69) is 5.32 Å². The Kier molecular flexibility index (Phi) is 2.35. The molecule has 0 saturated carbocycles. The third kappa shape index (κ3) is 1.46. The molecule has 0 saturated heterocycles. The van der Waals surface area contributed by atoms with Crippen LogP contribution in [0.2, 0.25) is 10.0 Å². The third-order valence-electron chi connectivity index (χ3n) is 3.12. The summed E-state index contributed by atoms with van der Waals surface area (Å²) < 4.78 is 1.96. The van der Waals surface area contributed by atoms with Gasteiger partial charge in [-0.3, -0.25) is 4.79 Å². The van der Waals surface area contributed by atoms with Crippen molar-refractivity contribution < 1.29 is 4.79 Å². The van der Waals surface area contributed by atoms with E-state index in [4.69, 9.17) is 23.2 Å². The highest BCUT2D eigenvalue weighted by molar-refractivity contribution is 6.45. The van der Waals surface area contributed by atoms with Gasteiger partial charge in [-0.25, -0.2) is 0 Å². The molecule has 1 aromatic carbocycles. The lowest BCUT2D eigenvalue weighted by molar-refractivity contribution is 0.0919. The molecule has 0 radical (unpaired) electrons. The van der Waals surface area contributed by atoms with Gasteiger partial charge in [0.05, 0.1) is 15.6 Å². The smallest absolute Gasteiger partial charge is 0.268 e. The highest BCUT2D eigenvalue weighted by Gasteiger charge is 2.25. The minimum absolute atomic E-state index is 0.0634. The maximum Gasteiger partial charge on any atom is 0.268 e. The van der Waals surface area contributed by atoms with E-state index < -0.39 is 0 Å². The lowest BCUT2D eigenvalue weighted by Crippen LogP contribution is -2.37. The van der Waals surface area contributed by atoms with Crippen LogP contribution in [-0.2, 0) is 0 Å². The van der Waals surface area contributed by atoms with Crippen LogP contribution >= 0.6 is 23.2 Å². The lowest BCUT2D eigenvalue weighted by Gasteiger charge is -2.24. The van der Waals surface area contributed by atoms with Crippen LogP contribution < -0.4 is 5.32 Å². The number of hydrogen-bond acceptors (Lipinski definition) is 1. The molecule has 1 aromatic heterocycles. The summed E-state index contributed by atoms with van der Waals surface area (Å²) in [5.41, 5.74) is 1.49. The first kappa shape index (κ1) is 10.9. The van der Waals surface area contributed by atoms with Crippen LogP contribution in [0.25, 0.3) is 10.9 Å². The Morgan fingerprint density at radius 2 is 2.18 bits per heavy atom. The fraction of sp³-hybridized carbons (Fsp3) is 0.250. The van der Waals surface area contributed by atoms with Crippen molar-refractivity contribution >= 4 is 40.0 Å². The number of nitrogens with one attached hydrogen (secondary N) is 1. The predicted molar refractivity (Wildman–Crippen MR) is 69.0 cm³/mol. The fourth-order valence-corrected chi connectivity index (χ4v) is 2.72. The molecule has 3 rings (SSSR count).